The summed E-state index contributed by atoms with van der Waals surface area (Å²) in [5, 5.41) is 7.27. The minimum Gasteiger partial charge on any atom is -0.309 e. The van der Waals surface area contributed by atoms with Gasteiger partial charge in [0.25, 0.3) is 0 Å². The zero-order valence-electron chi connectivity index (χ0n) is 34.1. The van der Waals surface area contributed by atoms with Crippen LogP contribution >= 0.6 is 0 Å². The van der Waals surface area contributed by atoms with Gasteiger partial charge in [-0.2, -0.15) is 0 Å². The first-order valence-corrected chi connectivity index (χ1v) is 21.4. The van der Waals surface area contributed by atoms with E-state index in [-0.39, 0.29) is 0 Å². The highest BCUT2D eigenvalue weighted by molar-refractivity contribution is 6.26. The molecule has 63 heavy (non-hydrogen) atoms. The maximum Gasteiger partial charge on any atom is 0.160 e. The molecule has 0 saturated carbocycles. The van der Waals surface area contributed by atoms with Crippen LogP contribution in [0.1, 0.15) is 0 Å². The Morgan fingerprint density at radius 2 is 0.810 bits per heavy atom. The Morgan fingerprint density at radius 3 is 1.52 bits per heavy atom. The van der Waals surface area contributed by atoms with Crippen molar-refractivity contribution in [1.82, 2.24) is 23.7 Å². The largest absolute Gasteiger partial charge is 0.309 e. The van der Waals surface area contributed by atoms with Crippen molar-refractivity contribution in [3.8, 4) is 51.0 Å². The quantitative estimate of drug-likeness (QED) is 0.168. The number of aromatic nitrogens is 5. The second kappa shape index (κ2) is 14.0. The molecule has 5 nitrogen and oxygen atoms in total. The third kappa shape index (κ3) is 5.43. The minimum absolute atomic E-state index is 0.695. The molecule has 0 bridgehead atoms. The van der Waals surface area contributed by atoms with Crippen LogP contribution in [0.25, 0.3) is 116 Å². The van der Waals surface area contributed by atoms with Gasteiger partial charge in [0, 0.05) is 66.1 Å². The first-order valence-electron chi connectivity index (χ1n) is 21.4. The van der Waals surface area contributed by atoms with E-state index in [4.69, 9.17) is 9.97 Å². The summed E-state index contributed by atoms with van der Waals surface area (Å²) in [5.41, 5.74) is 15.1. The van der Waals surface area contributed by atoms with Gasteiger partial charge < -0.3 is 13.7 Å². The maximum absolute atomic E-state index is 5.32. The zero-order chi connectivity index (χ0) is 41.4. The van der Waals surface area contributed by atoms with Crippen LogP contribution in [0, 0.1) is 0 Å². The van der Waals surface area contributed by atoms with Crippen molar-refractivity contribution in [3.05, 3.63) is 224 Å². The SMILES string of the molecule is c1ccc(-c2cc(-c3cccc4c5cc(-n6c7ccccc7c7c6ccc6c8ccccc8n(-c8ccccc8)c67)ccc5n(-c5ccccc5)c34)nc(-c3ccccc3)n2)cc1. The number of rotatable bonds is 6. The Kier molecular flexibility index (Phi) is 7.84. The first kappa shape index (κ1) is 35.2. The molecule has 0 amide bonds. The van der Waals surface area contributed by atoms with E-state index < -0.39 is 0 Å². The van der Waals surface area contributed by atoms with Crippen LogP contribution in [-0.2, 0) is 0 Å². The molecule has 0 spiro atoms. The molecule has 0 unspecified atom stereocenters. The normalized spacial score (nSPS) is 11.8. The number of benzene rings is 9. The summed E-state index contributed by atoms with van der Waals surface area (Å²) in [5.74, 6) is 0.695. The molecule has 13 aromatic rings. The lowest BCUT2D eigenvalue weighted by molar-refractivity contribution is 1.16. The maximum atomic E-state index is 5.32. The molecule has 0 fully saturated rings. The molecule has 0 saturated heterocycles. The lowest BCUT2D eigenvalue weighted by Gasteiger charge is -2.13. The van der Waals surface area contributed by atoms with Gasteiger partial charge in [-0.1, -0.05) is 158 Å². The topological polar surface area (TPSA) is 40.6 Å². The number of fused-ring (bicyclic) bond motifs is 10. The van der Waals surface area contributed by atoms with Crippen molar-refractivity contribution >= 4 is 65.4 Å². The van der Waals surface area contributed by atoms with Crippen molar-refractivity contribution in [2.75, 3.05) is 0 Å². The van der Waals surface area contributed by atoms with E-state index in [1.165, 1.54) is 49.0 Å². The summed E-state index contributed by atoms with van der Waals surface area (Å²) >= 11 is 0. The molecule has 13 rings (SSSR count). The number of hydrogen-bond acceptors (Lipinski definition) is 2. The van der Waals surface area contributed by atoms with Gasteiger partial charge >= 0.3 is 0 Å². The lowest BCUT2D eigenvalue weighted by Crippen LogP contribution is -1.99. The molecule has 9 aromatic carbocycles. The Hall–Kier alpha value is -8.54. The van der Waals surface area contributed by atoms with Gasteiger partial charge in [-0.05, 0) is 66.7 Å². The molecule has 0 aliphatic carbocycles. The van der Waals surface area contributed by atoms with Crippen molar-refractivity contribution in [2.24, 2.45) is 0 Å². The fraction of sp³-hybridized carbons (Fsp3) is 0. The van der Waals surface area contributed by atoms with Crippen LogP contribution in [0.5, 0.6) is 0 Å². The van der Waals surface area contributed by atoms with Crippen molar-refractivity contribution in [2.45, 2.75) is 0 Å². The molecule has 294 valence electrons. The van der Waals surface area contributed by atoms with E-state index >= 15 is 0 Å². The first-order chi connectivity index (χ1) is 31.3. The fourth-order valence-electron chi connectivity index (χ4n) is 9.94. The van der Waals surface area contributed by atoms with Gasteiger partial charge in [-0.15, -0.1) is 0 Å². The van der Waals surface area contributed by atoms with Gasteiger partial charge in [0.05, 0.1) is 44.5 Å². The standard InChI is InChI=1S/C58H37N5/c1-5-18-38(19-6-1)49-37-50(60-58(59-49)39-20-7-2-8-21-39)46-29-17-28-44-48-36-42(32-34-53(48)62(56(44)46)40-22-9-3-10-23-40)61-52-31-16-14-27-47(52)55-54(61)35-33-45-43-26-13-15-30-51(43)63(57(45)55)41-24-11-4-12-25-41/h1-37H. The van der Waals surface area contributed by atoms with E-state index in [1.807, 2.05) is 24.3 Å². The van der Waals surface area contributed by atoms with E-state index in [9.17, 15) is 0 Å². The van der Waals surface area contributed by atoms with Crippen LogP contribution in [0.2, 0.25) is 0 Å². The predicted octanol–water partition coefficient (Wildman–Crippen LogP) is 14.8. The molecular weight excluding hydrogens is 767 g/mol. The molecule has 0 aliphatic rings. The van der Waals surface area contributed by atoms with E-state index in [2.05, 4.69) is 214 Å². The highest BCUT2D eigenvalue weighted by Crippen LogP contribution is 2.44. The van der Waals surface area contributed by atoms with Gasteiger partial charge in [-0.25, -0.2) is 9.97 Å². The molecule has 0 N–H and O–H groups in total. The minimum atomic E-state index is 0.695. The van der Waals surface area contributed by atoms with Crippen LogP contribution in [0.15, 0.2) is 224 Å². The van der Waals surface area contributed by atoms with Crippen LogP contribution in [0.3, 0.4) is 0 Å². The summed E-state index contributed by atoms with van der Waals surface area (Å²) in [6, 6.07) is 80.1. The van der Waals surface area contributed by atoms with Crippen molar-refractivity contribution in [3.63, 3.8) is 0 Å². The second-order valence-corrected chi connectivity index (χ2v) is 16.2. The summed E-state index contributed by atoms with van der Waals surface area (Å²) in [7, 11) is 0. The summed E-state index contributed by atoms with van der Waals surface area (Å²) in [4.78, 5) is 10.4. The monoisotopic (exact) mass is 803 g/mol. The third-order valence-electron chi connectivity index (χ3n) is 12.6. The highest BCUT2D eigenvalue weighted by Gasteiger charge is 2.23. The van der Waals surface area contributed by atoms with Crippen molar-refractivity contribution in [1.29, 1.82) is 0 Å². The summed E-state index contributed by atoms with van der Waals surface area (Å²) < 4.78 is 7.31. The molecule has 0 radical (unpaired) electrons. The summed E-state index contributed by atoms with van der Waals surface area (Å²) in [6.45, 7) is 0. The Balaban J connectivity index is 1.10. The molecule has 0 aliphatic heterocycles. The molecule has 0 atom stereocenters. The molecule has 4 heterocycles. The average molecular weight is 804 g/mol. The molecular formula is C58H37N5. The highest BCUT2D eigenvalue weighted by atomic mass is 15.0. The van der Waals surface area contributed by atoms with Gasteiger partial charge in [-0.3, -0.25) is 0 Å². The Morgan fingerprint density at radius 1 is 0.286 bits per heavy atom. The lowest BCUT2D eigenvalue weighted by atomic mass is 10.0. The number of nitrogens with zero attached hydrogens (tertiary/aromatic N) is 5. The van der Waals surface area contributed by atoms with Crippen LogP contribution in [-0.4, -0.2) is 23.7 Å². The Labute approximate surface area is 363 Å². The van der Waals surface area contributed by atoms with E-state index in [0.29, 0.717) is 5.82 Å². The van der Waals surface area contributed by atoms with Crippen LogP contribution in [0.4, 0.5) is 0 Å². The number of para-hydroxylation sites is 5. The summed E-state index contributed by atoms with van der Waals surface area (Å²) in [6.07, 6.45) is 0. The fourth-order valence-corrected chi connectivity index (χ4v) is 9.94. The smallest absolute Gasteiger partial charge is 0.160 e. The Bertz CT molecular complexity index is 3820. The van der Waals surface area contributed by atoms with Crippen LogP contribution < -0.4 is 0 Å². The van der Waals surface area contributed by atoms with Gasteiger partial charge in [0.15, 0.2) is 5.82 Å². The predicted molar refractivity (Wildman–Crippen MR) is 261 cm³/mol. The molecule has 4 aromatic heterocycles. The van der Waals surface area contributed by atoms with E-state index in [0.717, 1.165) is 61.6 Å². The number of hydrogen-bond donors (Lipinski definition) is 0. The van der Waals surface area contributed by atoms with E-state index in [1.54, 1.807) is 0 Å². The molecule has 5 heteroatoms. The average Bonchev–Trinajstić information content (AvgIpc) is 4.00. The van der Waals surface area contributed by atoms with Gasteiger partial charge in [0.2, 0.25) is 0 Å². The van der Waals surface area contributed by atoms with Crippen molar-refractivity contribution < 1.29 is 0 Å². The van der Waals surface area contributed by atoms with Gasteiger partial charge in [0.1, 0.15) is 0 Å². The third-order valence-corrected chi connectivity index (χ3v) is 12.6. The zero-order valence-corrected chi connectivity index (χ0v) is 34.1. The second-order valence-electron chi connectivity index (χ2n) is 16.2.